The molecule has 3 N–H and O–H groups in total. The summed E-state index contributed by atoms with van der Waals surface area (Å²) in [5, 5.41) is 11.6. The van der Waals surface area contributed by atoms with Crippen molar-refractivity contribution in [3.05, 3.63) is 23.8 Å². The van der Waals surface area contributed by atoms with E-state index in [2.05, 4.69) is 15.6 Å². The first kappa shape index (κ1) is 27.9. The smallest absolute Gasteiger partial charge is 0.433 e. The average Bonchev–Trinajstić information content (AvgIpc) is 3.19. The maximum atomic E-state index is 11.4. The van der Waals surface area contributed by atoms with Crippen molar-refractivity contribution in [1.29, 1.82) is 0 Å². The van der Waals surface area contributed by atoms with Crippen LogP contribution in [0.25, 0.3) is 0 Å². The zero-order valence-corrected chi connectivity index (χ0v) is 21.4. The Morgan fingerprint density at radius 2 is 1.97 bits per heavy atom. The molecular formula is C23H41N5O6. The number of aromatic nitrogens is 3. The lowest BCUT2D eigenvalue weighted by atomic mass is 9.89. The van der Waals surface area contributed by atoms with Gasteiger partial charge in [-0.05, 0) is 48.0 Å². The quantitative estimate of drug-likeness (QED) is 0.380. The zero-order chi connectivity index (χ0) is 25.2. The van der Waals surface area contributed by atoms with E-state index in [-0.39, 0.29) is 24.4 Å². The Morgan fingerprint density at radius 1 is 1.26 bits per heavy atom. The number of nitrogens with zero attached hydrogens (tertiary/aromatic N) is 3. The molecule has 0 spiro atoms. The largest absolute Gasteiger partial charge is 0.508 e. The summed E-state index contributed by atoms with van der Waals surface area (Å²) in [7, 11) is 0. The highest BCUT2D eigenvalue weighted by Gasteiger charge is 2.38. The van der Waals surface area contributed by atoms with Crippen LogP contribution >= 0.6 is 0 Å². The number of nitrogens with one attached hydrogen (secondary N) is 1. The summed E-state index contributed by atoms with van der Waals surface area (Å²) in [5.74, 6) is 0. The fraction of sp³-hybridized carbons (Fsp3) is 0.783. The SMILES string of the molecule is CCOC/C(N)=C/NCC1(Cn2cc(COC(C)(C)CCOC(C)(C)C)nn2)COC(=O)OC1. The van der Waals surface area contributed by atoms with Crippen molar-refractivity contribution in [3.63, 3.8) is 0 Å². The van der Waals surface area contributed by atoms with E-state index < -0.39 is 11.6 Å². The molecule has 1 aromatic rings. The zero-order valence-electron chi connectivity index (χ0n) is 21.4. The van der Waals surface area contributed by atoms with Gasteiger partial charge < -0.3 is 34.7 Å². The molecule has 2 heterocycles. The Balaban J connectivity index is 1.92. The van der Waals surface area contributed by atoms with Gasteiger partial charge in [0.2, 0.25) is 0 Å². The standard InChI is InChI=1S/C23H41N5O6/c1-7-30-12-18(24)10-25-14-23(16-31-20(29)32-17-23)15-28-11-19(26-27-28)13-34-22(5,6)8-9-33-21(2,3)4/h10-11,25H,7-9,12-17,24H2,1-6H3/b18-10-. The third-order valence-electron chi connectivity index (χ3n) is 5.16. The van der Waals surface area contributed by atoms with Crippen molar-refractivity contribution in [1.82, 2.24) is 20.3 Å². The summed E-state index contributed by atoms with van der Waals surface area (Å²) in [4.78, 5) is 11.4. The summed E-state index contributed by atoms with van der Waals surface area (Å²) in [6.45, 7) is 15.2. The topological polar surface area (TPSA) is 132 Å². The lowest BCUT2D eigenvalue weighted by Crippen LogP contribution is -2.48. The van der Waals surface area contributed by atoms with Crippen LogP contribution in [0.1, 0.15) is 53.7 Å². The van der Waals surface area contributed by atoms with E-state index in [1.807, 2.05) is 47.7 Å². The first-order valence-corrected chi connectivity index (χ1v) is 11.6. The number of hydrogen-bond donors (Lipinski definition) is 2. The highest BCUT2D eigenvalue weighted by molar-refractivity contribution is 5.60. The first-order valence-electron chi connectivity index (χ1n) is 11.6. The Hall–Kier alpha value is -2.37. The number of carbonyl (C=O) groups is 1. The normalized spacial score (nSPS) is 16.8. The summed E-state index contributed by atoms with van der Waals surface area (Å²) in [6.07, 6.45) is 3.61. The summed E-state index contributed by atoms with van der Waals surface area (Å²) in [5.41, 5.74) is 6.13. The van der Waals surface area contributed by atoms with Gasteiger partial charge in [-0.25, -0.2) is 4.79 Å². The summed E-state index contributed by atoms with van der Waals surface area (Å²) in [6, 6.07) is 0. The molecule has 0 saturated carbocycles. The molecule has 34 heavy (non-hydrogen) atoms. The van der Waals surface area contributed by atoms with E-state index in [1.165, 1.54) is 0 Å². The van der Waals surface area contributed by atoms with Crippen LogP contribution in [0, 0.1) is 5.41 Å². The van der Waals surface area contributed by atoms with Gasteiger partial charge in [-0.3, -0.25) is 4.68 Å². The molecule has 1 aromatic heterocycles. The van der Waals surface area contributed by atoms with Gasteiger partial charge in [-0.15, -0.1) is 5.10 Å². The lowest BCUT2D eigenvalue weighted by Gasteiger charge is -2.35. The fourth-order valence-electron chi connectivity index (χ4n) is 3.19. The molecule has 0 amide bonds. The predicted octanol–water partition coefficient (Wildman–Crippen LogP) is 2.36. The van der Waals surface area contributed by atoms with Crippen molar-refractivity contribution in [3.8, 4) is 0 Å². The fourth-order valence-corrected chi connectivity index (χ4v) is 3.19. The summed E-state index contributed by atoms with van der Waals surface area (Å²) < 4.78 is 29.2. The molecule has 1 fully saturated rings. The van der Waals surface area contributed by atoms with Crippen LogP contribution in [-0.4, -0.2) is 71.9 Å². The predicted molar refractivity (Wildman–Crippen MR) is 126 cm³/mol. The number of cyclic esters (lactones) is 2. The third kappa shape index (κ3) is 10.3. The maximum Gasteiger partial charge on any atom is 0.508 e. The van der Waals surface area contributed by atoms with Crippen molar-refractivity contribution >= 4 is 6.16 Å². The molecule has 0 atom stereocenters. The van der Waals surface area contributed by atoms with Gasteiger partial charge in [0.15, 0.2) is 0 Å². The van der Waals surface area contributed by atoms with Gasteiger partial charge in [-0.2, -0.15) is 0 Å². The Bertz CT molecular complexity index is 792. The van der Waals surface area contributed by atoms with E-state index in [4.69, 9.17) is 29.4 Å². The van der Waals surface area contributed by atoms with E-state index >= 15 is 0 Å². The second kappa shape index (κ2) is 12.4. The van der Waals surface area contributed by atoms with E-state index in [1.54, 1.807) is 10.9 Å². The van der Waals surface area contributed by atoms with Crippen LogP contribution in [0.5, 0.6) is 0 Å². The number of nitrogens with two attached hydrogens (primary N) is 1. The second-order valence-electron chi connectivity index (χ2n) is 10.2. The van der Waals surface area contributed by atoms with Crippen LogP contribution in [0.2, 0.25) is 0 Å². The van der Waals surface area contributed by atoms with E-state index in [0.29, 0.717) is 50.9 Å². The number of rotatable bonds is 14. The van der Waals surface area contributed by atoms with Crippen molar-refractivity contribution < 1.29 is 28.5 Å². The Morgan fingerprint density at radius 3 is 2.62 bits per heavy atom. The molecular weight excluding hydrogens is 442 g/mol. The molecule has 1 aliphatic rings. The van der Waals surface area contributed by atoms with Gasteiger partial charge in [0.25, 0.3) is 0 Å². The van der Waals surface area contributed by atoms with E-state index in [9.17, 15) is 4.79 Å². The molecule has 0 unspecified atom stereocenters. The highest BCUT2D eigenvalue weighted by atomic mass is 16.7. The molecule has 194 valence electrons. The summed E-state index contributed by atoms with van der Waals surface area (Å²) >= 11 is 0. The van der Waals surface area contributed by atoms with Crippen LogP contribution in [0.4, 0.5) is 4.79 Å². The van der Waals surface area contributed by atoms with Crippen molar-refractivity contribution in [2.75, 3.05) is 39.6 Å². The van der Waals surface area contributed by atoms with Crippen LogP contribution in [0.3, 0.4) is 0 Å². The molecule has 0 aromatic carbocycles. The van der Waals surface area contributed by atoms with Crippen LogP contribution in [-0.2, 0) is 36.8 Å². The molecule has 11 heteroatoms. The molecule has 0 radical (unpaired) electrons. The highest BCUT2D eigenvalue weighted by Crippen LogP contribution is 2.25. The molecule has 2 rings (SSSR count). The lowest BCUT2D eigenvalue weighted by molar-refractivity contribution is -0.0738. The number of hydrogen-bond acceptors (Lipinski definition) is 10. The minimum Gasteiger partial charge on any atom is -0.433 e. The number of ether oxygens (including phenoxy) is 5. The van der Waals surface area contributed by atoms with Crippen LogP contribution in [0.15, 0.2) is 18.1 Å². The minimum absolute atomic E-state index is 0.175. The van der Waals surface area contributed by atoms with Crippen molar-refractivity contribution in [2.24, 2.45) is 11.1 Å². The van der Waals surface area contributed by atoms with E-state index in [0.717, 1.165) is 6.42 Å². The van der Waals surface area contributed by atoms with Gasteiger partial charge in [0, 0.05) is 26.0 Å². The Labute approximate surface area is 202 Å². The van der Waals surface area contributed by atoms with Gasteiger partial charge in [0.1, 0.15) is 18.9 Å². The van der Waals surface area contributed by atoms with Crippen LogP contribution < -0.4 is 11.1 Å². The monoisotopic (exact) mass is 483 g/mol. The maximum absolute atomic E-state index is 11.4. The van der Waals surface area contributed by atoms with Crippen molar-refractivity contribution in [2.45, 2.75) is 72.3 Å². The molecule has 0 bridgehead atoms. The average molecular weight is 484 g/mol. The molecule has 1 saturated heterocycles. The van der Waals surface area contributed by atoms with Gasteiger partial charge in [0.05, 0.1) is 48.3 Å². The molecule has 0 aliphatic carbocycles. The molecule has 1 aliphatic heterocycles. The third-order valence-corrected chi connectivity index (χ3v) is 5.16. The Kier molecular flexibility index (Phi) is 10.1. The van der Waals surface area contributed by atoms with Gasteiger partial charge in [-0.1, -0.05) is 5.21 Å². The first-order chi connectivity index (χ1) is 15.9. The molecule has 11 nitrogen and oxygen atoms in total. The number of carbonyl (C=O) groups excluding carboxylic acids is 1. The minimum atomic E-state index is -0.674. The second-order valence-corrected chi connectivity index (χ2v) is 10.2. The van der Waals surface area contributed by atoms with Gasteiger partial charge >= 0.3 is 6.16 Å².